The molecule has 218 valence electrons. The summed E-state index contributed by atoms with van der Waals surface area (Å²) in [5.74, 6) is -0.595. The Kier molecular flexibility index (Phi) is 12.0. The highest BCUT2D eigenvalue weighted by molar-refractivity contribution is 5.73. The Morgan fingerprint density at radius 1 is 0.900 bits per heavy atom. The number of amides is 1. The maximum absolute atomic E-state index is 13.1. The van der Waals surface area contributed by atoms with Gasteiger partial charge in [-0.25, -0.2) is 0 Å². The molecule has 2 aromatic carbocycles. The monoisotopic (exact) mass is 553 g/mol. The summed E-state index contributed by atoms with van der Waals surface area (Å²) in [6.07, 6.45) is 4.55. The molecule has 1 N–H and O–H groups in total. The molecule has 2 heterocycles. The van der Waals surface area contributed by atoms with Gasteiger partial charge in [-0.15, -0.1) is 0 Å². The number of hydrogen-bond donors (Lipinski definition) is 1. The van der Waals surface area contributed by atoms with E-state index in [9.17, 15) is 9.59 Å². The molecule has 0 aliphatic carbocycles. The van der Waals surface area contributed by atoms with Crippen molar-refractivity contribution in [2.45, 2.75) is 109 Å². The van der Waals surface area contributed by atoms with Gasteiger partial charge in [0, 0.05) is 18.9 Å². The van der Waals surface area contributed by atoms with Crippen molar-refractivity contribution in [3.63, 3.8) is 0 Å². The zero-order valence-electron chi connectivity index (χ0n) is 23.7. The fourth-order valence-electron chi connectivity index (χ4n) is 5.21. The van der Waals surface area contributed by atoms with Crippen molar-refractivity contribution < 1.29 is 33.3 Å². The van der Waals surface area contributed by atoms with Gasteiger partial charge < -0.3 is 29.0 Å². The summed E-state index contributed by atoms with van der Waals surface area (Å²) in [7, 11) is 0. The zero-order chi connectivity index (χ0) is 28.2. The molecule has 0 aromatic heterocycles. The van der Waals surface area contributed by atoms with Gasteiger partial charge in [-0.2, -0.15) is 0 Å². The van der Waals surface area contributed by atoms with E-state index in [0.717, 1.165) is 30.4 Å². The highest BCUT2D eigenvalue weighted by Crippen LogP contribution is 2.36. The second kappa shape index (κ2) is 15.9. The maximum atomic E-state index is 13.1. The largest absolute Gasteiger partial charge is 0.457 e. The Hall–Kier alpha value is -2.78. The third-order valence-corrected chi connectivity index (χ3v) is 7.29. The minimum Gasteiger partial charge on any atom is -0.457 e. The molecular formula is C32H43NO7. The molecule has 2 saturated heterocycles. The van der Waals surface area contributed by atoms with Crippen LogP contribution in [-0.2, 0) is 39.9 Å². The number of carbonyl (C=O) groups is 2. The molecular weight excluding hydrogens is 510 g/mol. The van der Waals surface area contributed by atoms with Crippen LogP contribution in [0.1, 0.15) is 82.6 Å². The van der Waals surface area contributed by atoms with Gasteiger partial charge in [0.05, 0.1) is 13.2 Å². The quantitative estimate of drug-likeness (QED) is 0.241. The average molecular weight is 554 g/mol. The highest BCUT2D eigenvalue weighted by atomic mass is 16.8. The molecule has 6 atom stereocenters. The lowest BCUT2D eigenvalue weighted by molar-refractivity contribution is -0.346. The second-order valence-corrected chi connectivity index (χ2v) is 10.6. The lowest BCUT2D eigenvalue weighted by Gasteiger charge is -2.48. The predicted molar refractivity (Wildman–Crippen MR) is 150 cm³/mol. The molecule has 2 aliphatic heterocycles. The normalized spacial score (nSPS) is 26.1. The van der Waals surface area contributed by atoms with Gasteiger partial charge in [0.25, 0.3) is 0 Å². The van der Waals surface area contributed by atoms with Crippen molar-refractivity contribution in [3.05, 3.63) is 71.8 Å². The summed E-state index contributed by atoms with van der Waals surface area (Å²) in [5.41, 5.74) is 1.81. The Labute approximate surface area is 237 Å². The number of ether oxygens (including phenoxy) is 5. The van der Waals surface area contributed by atoms with Crippen LogP contribution in [0.5, 0.6) is 0 Å². The van der Waals surface area contributed by atoms with Crippen LogP contribution in [0.3, 0.4) is 0 Å². The van der Waals surface area contributed by atoms with Crippen molar-refractivity contribution in [1.82, 2.24) is 5.32 Å². The summed E-state index contributed by atoms with van der Waals surface area (Å²) in [6, 6.07) is 18.6. The van der Waals surface area contributed by atoms with Crippen LogP contribution in [-0.4, -0.2) is 49.1 Å². The summed E-state index contributed by atoms with van der Waals surface area (Å²) >= 11 is 0. The Balaban J connectivity index is 1.47. The topological polar surface area (TPSA) is 92.3 Å². The lowest BCUT2D eigenvalue weighted by Crippen LogP contribution is -2.67. The molecule has 8 heteroatoms. The van der Waals surface area contributed by atoms with E-state index in [1.54, 1.807) is 0 Å². The lowest BCUT2D eigenvalue weighted by atomic mass is 9.95. The number of fused-ring (bicyclic) bond motifs is 1. The minimum absolute atomic E-state index is 0.230. The summed E-state index contributed by atoms with van der Waals surface area (Å²) < 4.78 is 30.9. The first-order valence-corrected chi connectivity index (χ1v) is 14.6. The summed E-state index contributed by atoms with van der Waals surface area (Å²) in [6.45, 7) is 4.13. The first-order valence-electron chi connectivity index (χ1n) is 14.6. The van der Waals surface area contributed by atoms with Crippen LogP contribution in [0, 0.1) is 0 Å². The van der Waals surface area contributed by atoms with E-state index in [2.05, 4.69) is 12.2 Å². The van der Waals surface area contributed by atoms with Crippen LogP contribution in [0.4, 0.5) is 0 Å². The van der Waals surface area contributed by atoms with Gasteiger partial charge in [-0.3, -0.25) is 9.59 Å². The molecule has 8 nitrogen and oxygen atoms in total. The fourth-order valence-corrected chi connectivity index (χ4v) is 5.21. The molecule has 2 aromatic rings. The van der Waals surface area contributed by atoms with Gasteiger partial charge in [-0.1, -0.05) is 106 Å². The molecule has 0 spiro atoms. The first-order chi connectivity index (χ1) is 19.5. The summed E-state index contributed by atoms with van der Waals surface area (Å²) in [5, 5.41) is 2.92. The number of hydrogen-bond acceptors (Lipinski definition) is 7. The third kappa shape index (κ3) is 8.86. The Bertz CT molecular complexity index is 1030. The van der Waals surface area contributed by atoms with Crippen molar-refractivity contribution in [1.29, 1.82) is 0 Å². The summed E-state index contributed by atoms with van der Waals surface area (Å²) in [4.78, 5) is 25.4. The van der Waals surface area contributed by atoms with Crippen molar-refractivity contribution >= 4 is 11.9 Å². The third-order valence-electron chi connectivity index (χ3n) is 7.29. The van der Waals surface area contributed by atoms with E-state index in [-0.39, 0.29) is 25.1 Å². The minimum atomic E-state index is -0.859. The fraction of sp³-hybridized carbons (Fsp3) is 0.562. The molecule has 2 aliphatic rings. The van der Waals surface area contributed by atoms with E-state index in [1.807, 2.05) is 60.7 Å². The Morgan fingerprint density at radius 2 is 1.57 bits per heavy atom. The van der Waals surface area contributed by atoms with Gasteiger partial charge in [0.1, 0.15) is 18.2 Å². The molecule has 0 radical (unpaired) electrons. The van der Waals surface area contributed by atoms with E-state index in [1.165, 1.54) is 32.6 Å². The molecule has 2 fully saturated rings. The average Bonchev–Trinajstić information content (AvgIpc) is 2.97. The SMILES string of the molecule is CCCCCCCCCC(=O)O[C@H]1[C@H](NC(C)=O)[C@H](OCc2ccccc2)O[C@H]2CO[C@H](c3ccccc3)O[C@@H]12. The number of nitrogens with one attached hydrogen (secondary N) is 1. The van der Waals surface area contributed by atoms with Crippen LogP contribution < -0.4 is 5.32 Å². The van der Waals surface area contributed by atoms with Crippen molar-refractivity contribution in [2.24, 2.45) is 0 Å². The van der Waals surface area contributed by atoms with Crippen LogP contribution in [0.2, 0.25) is 0 Å². The molecule has 1 amide bonds. The molecule has 0 unspecified atom stereocenters. The number of unbranched alkanes of at least 4 members (excludes halogenated alkanes) is 6. The molecule has 40 heavy (non-hydrogen) atoms. The second-order valence-electron chi connectivity index (χ2n) is 10.6. The maximum Gasteiger partial charge on any atom is 0.306 e. The number of rotatable bonds is 14. The van der Waals surface area contributed by atoms with E-state index in [4.69, 9.17) is 23.7 Å². The van der Waals surface area contributed by atoms with Crippen molar-refractivity contribution in [2.75, 3.05) is 6.61 Å². The highest BCUT2D eigenvalue weighted by Gasteiger charge is 2.52. The van der Waals surface area contributed by atoms with E-state index >= 15 is 0 Å². The van der Waals surface area contributed by atoms with Crippen LogP contribution in [0.15, 0.2) is 60.7 Å². The van der Waals surface area contributed by atoms with Gasteiger partial charge in [0.2, 0.25) is 5.91 Å². The van der Waals surface area contributed by atoms with Crippen LogP contribution >= 0.6 is 0 Å². The number of esters is 1. The molecule has 0 bridgehead atoms. The van der Waals surface area contributed by atoms with Crippen LogP contribution in [0.25, 0.3) is 0 Å². The number of benzene rings is 2. The van der Waals surface area contributed by atoms with Gasteiger partial charge in [0.15, 0.2) is 18.7 Å². The van der Waals surface area contributed by atoms with E-state index in [0.29, 0.717) is 6.42 Å². The number of carbonyl (C=O) groups excluding carboxylic acids is 2. The standard InChI is InChI=1S/C32H43NO7/c1-3-4-5-6-7-8-15-20-27(35)39-30-28(33-23(2)34)32(36-21-24-16-11-9-12-17-24)38-26-22-37-31(40-29(26)30)25-18-13-10-14-19-25/h9-14,16-19,26,28-32H,3-8,15,20-22H2,1-2H3,(H,33,34)/t26-,28-,29+,30-,31-,32+/m0/s1. The zero-order valence-corrected chi connectivity index (χ0v) is 23.7. The Morgan fingerprint density at radius 3 is 2.27 bits per heavy atom. The van der Waals surface area contributed by atoms with Gasteiger partial charge >= 0.3 is 5.97 Å². The molecule has 0 saturated carbocycles. The van der Waals surface area contributed by atoms with Gasteiger partial charge in [-0.05, 0) is 12.0 Å². The smallest absolute Gasteiger partial charge is 0.306 e. The predicted octanol–water partition coefficient (Wildman–Crippen LogP) is 5.60. The van der Waals surface area contributed by atoms with E-state index < -0.39 is 36.9 Å². The molecule has 4 rings (SSSR count). The first kappa shape index (κ1) is 30.2. The van der Waals surface area contributed by atoms with Crippen molar-refractivity contribution in [3.8, 4) is 0 Å².